The Balaban J connectivity index is 1.86. The predicted molar refractivity (Wildman–Crippen MR) is 139 cm³/mol. The zero-order valence-electron chi connectivity index (χ0n) is 23.6. The molecule has 0 spiro atoms. The standard InChI is InChI=1S/C29H54N2O3/c1-10-11-18(2)25-14-23-17-29(7,16-21(23)5)27(19(3)12-20(4)28(32)34-25)30-26-15-24(31(8)9)13-22(6)33-26/h18-27,30H,10-17H2,1-9H3/t18?,19?,20-,21?,22?,23?,24?,25?,26?,27?,29?/m1/s1. The van der Waals surface area contributed by atoms with Crippen molar-refractivity contribution in [1.82, 2.24) is 10.2 Å². The molecular weight excluding hydrogens is 424 g/mol. The molecule has 0 radical (unpaired) electrons. The van der Waals surface area contributed by atoms with E-state index in [2.05, 4.69) is 72.8 Å². The number of rotatable bonds is 6. The van der Waals surface area contributed by atoms with Crippen LogP contribution in [-0.4, -0.2) is 55.5 Å². The molecular formula is C29H54N2O3. The number of carbonyl (C=O) groups is 1. The molecule has 3 rings (SSSR count). The quantitative estimate of drug-likeness (QED) is 0.484. The summed E-state index contributed by atoms with van der Waals surface area (Å²) >= 11 is 0. The molecule has 11 atom stereocenters. The fraction of sp³-hybridized carbons (Fsp3) is 0.966. The number of nitrogens with one attached hydrogen (secondary N) is 1. The van der Waals surface area contributed by atoms with Gasteiger partial charge in [0, 0.05) is 18.5 Å². The van der Waals surface area contributed by atoms with Crippen LogP contribution in [0.5, 0.6) is 0 Å². The highest BCUT2D eigenvalue weighted by atomic mass is 16.5. The molecule has 0 aromatic heterocycles. The third-order valence-electron chi connectivity index (χ3n) is 9.53. The molecule has 198 valence electrons. The molecule has 34 heavy (non-hydrogen) atoms. The lowest BCUT2D eigenvalue weighted by Crippen LogP contribution is -2.56. The minimum absolute atomic E-state index is 0.00402. The van der Waals surface area contributed by atoms with Crippen molar-refractivity contribution in [2.24, 2.45) is 35.0 Å². The minimum Gasteiger partial charge on any atom is -0.462 e. The Labute approximate surface area is 210 Å². The van der Waals surface area contributed by atoms with Crippen molar-refractivity contribution in [1.29, 1.82) is 0 Å². The number of hydrogen-bond acceptors (Lipinski definition) is 5. The molecule has 3 fully saturated rings. The molecule has 0 aromatic carbocycles. The Hall–Kier alpha value is -0.650. The van der Waals surface area contributed by atoms with Crippen LogP contribution in [0.1, 0.15) is 99.8 Å². The SMILES string of the molecule is CCCC(C)C1CC2CC(C)(CC2C)C(NC2CC(N(C)C)CC(C)O2)C(C)C[C@@H](C)C(=O)O1. The predicted octanol–water partition coefficient (Wildman–Crippen LogP) is 5.87. The van der Waals surface area contributed by atoms with E-state index in [-0.39, 0.29) is 35.7 Å². The van der Waals surface area contributed by atoms with Crippen molar-refractivity contribution < 1.29 is 14.3 Å². The van der Waals surface area contributed by atoms with Crippen molar-refractivity contribution in [2.75, 3.05) is 14.1 Å². The third kappa shape index (κ3) is 6.56. The lowest BCUT2D eigenvalue weighted by molar-refractivity contribution is -0.158. The van der Waals surface area contributed by atoms with Crippen LogP contribution < -0.4 is 5.32 Å². The average Bonchev–Trinajstić information content (AvgIpc) is 3.03. The number of hydrogen-bond donors (Lipinski definition) is 1. The Morgan fingerprint density at radius 3 is 2.41 bits per heavy atom. The van der Waals surface area contributed by atoms with Crippen molar-refractivity contribution in [3.63, 3.8) is 0 Å². The molecule has 0 amide bonds. The highest BCUT2D eigenvalue weighted by molar-refractivity contribution is 5.72. The van der Waals surface area contributed by atoms with Gasteiger partial charge in [-0.15, -0.1) is 0 Å². The molecule has 3 aliphatic rings. The number of carbonyl (C=O) groups excluding carboxylic acids is 1. The molecule has 1 aliphatic carbocycles. The Morgan fingerprint density at radius 2 is 1.76 bits per heavy atom. The number of cyclic esters (lactones) is 1. The second-order valence-electron chi connectivity index (χ2n) is 13.1. The van der Waals surface area contributed by atoms with Crippen LogP contribution in [0.2, 0.25) is 0 Å². The van der Waals surface area contributed by atoms with Crippen LogP contribution in [0.15, 0.2) is 0 Å². The van der Waals surface area contributed by atoms with Gasteiger partial charge in [-0.05, 0) is 88.6 Å². The van der Waals surface area contributed by atoms with Crippen molar-refractivity contribution in [3.8, 4) is 0 Å². The van der Waals surface area contributed by atoms with Crippen LogP contribution in [-0.2, 0) is 14.3 Å². The van der Waals surface area contributed by atoms with Gasteiger partial charge in [0.05, 0.1) is 12.0 Å². The molecule has 10 unspecified atom stereocenters. The highest BCUT2D eigenvalue weighted by Gasteiger charge is 2.49. The van der Waals surface area contributed by atoms with Gasteiger partial charge in [0.1, 0.15) is 12.3 Å². The number of ether oxygens (including phenoxy) is 2. The summed E-state index contributed by atoms with van der Waals surface area (Å²) in [4.78, 5) is 15.5. The monoisotopic (exact) mass is 478 g/mol. The largest absolute Gasteiger partial charge is 0.462 e. The van der Waals surface area contributed by atoms with Gasteiger partial charge in [0.25, 0.3) is 0 Å². The van der Waals surface area contributed by atoms with E-state index < -0.39 is 0 Å². The molecule has 2 bridgehead atoms. The maximum atomic E-state index is 13.2. The number of esters is 1. The Bertz CT molecular complexity index is 670. The van der Waals surface area contributed by atoms with Crippen molar-refractivity contribution in [2.45, 2.75) is 130 Å². The first-order valence-electron chi connectivity index (χ1n) is 14.2. The third-order valence-corrected chi connectivity index (χ3v) is 9.53. The van der Waals surface area contributed by atoms with E-state index >= 15 is 0 Å². The van der Waals surface area contributed by atoms with E-state index in [1.54, 1.807) is 0 Å². The lowest BCUT2D eigenvalue weighted by atomic mass is 9.72. The van der Waals surface area contributed by atoms with Gasteiger partial charge in [-0.2, -0.15) is 0 Å². The van der Waals surface area contributed by atoms with Crippen molar-refractivity contribution >= 4 is 5.97 Å². The van der Waals surface area contributed by atoms with E-state index in [1.165, 1.54) is 12.8 Å². The van der Waals surface area contributed by atoms with Gasteiger partial charge >= 0.3 is 5.97 Å². The summed E-state index contributed by atoms with van der Waals surface area (Å²) < 4.78 is 12.7. The van der Waals surface area contributed by atoms with Crippen LogP contribution in [0.3, 0.4) is 0 Å². The lowest BCUT2D eigenvalue weighted by Gasteiger charge is -2.45. The van der Waals surface area contributed by atoms with Gasteiger partial charge in [-0.25, -0.2) is 0 Å². The zero-order chi connectivity index (χ0) is 25.2. The molecule has 0 aromatic rings. The summed E-state index contributed by atoms with van der Waals surface area (Å²) in [6.45, 7) is 16.1. The van der Waals surface area contributed by atoms with Gasteiger partial charge < -0.3 is 14.4 Å². The van der Waals surface area contributed by atoms with Gasteiger partial charge in [0.2, 0.25) is 0 Å². The fourth-order valence-corrected chi connectivity index (χ4v) is 7.65. The molecule has 1 N–H and O–H groups in total. The van der Waals surface area contributed by atoms with Gasteiger partial charge in [-0.1, -0.05) is 48.0 Å². The Kier molecular flexibility index (Phi) is 9.53. The first-order valence-corrected chi connectivity index (χ1v) is 14.2. The summed E-state index contributed by atoms with van der Waals surface area (Å²) in [7, 11) is 4.37. The van der Waals surface area contributed by atoms with Crippen LogP contribution in [0.25, 0.3) is 0 Å². The summed E-state index contributed by atoms with van der Waals surface area (Å²) in [6.07, 6.45) is 9.05. The van der Waals surface area contributed by atoms with E-state index in [1.807, 2.05) is 0 Å². The molecule has 1 saturated carbocycles. The topological polar surface area (TPSA) is 50.8 Å². The highest BCUT2D eigenvalue weighted by Crippen LogP contribution is 2.52. The van der Waals surface area contributed by atoms with Gasteiger partial charge in [0.15, 0.2) is 0 Å². The molecule has 5 heteroatoms. The summed E-state index contributed by atoms with van der Waals surface area (Å²) in [5, 5.41) is 4.04. The van der Waals surface area contributed by atoms with E-state index in [4.69, 9.17) is 9.47 Å². The smallest absolute Gasteiger partial charge is 0.308 e. The second-order valence-corrected chi connectivity index (χ2v) is 13.1. The van der Waals surface area contributed by atoms with Crippen LogP contribution in [0, 0.1) is 35.0 Å². The Morgan fingerprint density at radius 1 is 1.06 bits per heavy atom. The van der Waals surface area contributed by atoms with Crippen molar-refractivity contribution in [3.05, 3.63) is 0 Å². The van der Waals surface area contributed by atoms with E-state index in [0.717, 1.165) is 38.5 Å². The maximum Gasteiger partial charge on any atom is 0.308 e. The fourth-order valence-electron chi connectivity index (χ4n) is 7.65. The molecule has 2 heterocycles. The number of fused-ring (bicyclic) bond motifs is 2. The van der Waals surface area contributed by atoms with Gasteiger partial charge in [-0.3, -0.25) is 10.1 Å². The van der Waals surface area contributed by atoms with E-state index in [0.29, 0.717) is 35.8 Å². The molecule has 2 saturated heterocycles. The minimum atomic E-state index is -0.0750. The molecule has 5 nitrogen and oxygen atoms in total. The number of nitrogens with zero attached hydrogens (tertiary/aromatic N) is 1. The first-order chi connectivity index (χ1) is 15.9. The van der Waals surface area contributed by atoms with E-state index in [9.17, 15) is 4.79 Å². The average molecular weight is 479 g/mol. The first kappa shape index (κ1) is 27.9. The maximum absolute atomic E-state index is 13.2. The second kappa shape index (κ2) is 11.6. The molecule has 2 aliphatic heterocycles. The van der Waals surface area contributed by atoms with Crippen LogP contribution in [0.4, 0.5) is 0 Å². The van der Waals surface area contributed by atoms with Crippen LogP contribution >= 0.6 is 0 Å². The summed E-state index contributed by atoms with van der Waals surface area (Å²) in [6, 6.07) is 0.870. The summed E-state index contributed by atoms with van der Waals surface area (Å²) in [5.41, 5.74) is 0.201. The normalized spacial score (nSPS) is 45.0. The summed E-state index contributed by atoms with van der Waals surface area (Å²) in [5.74, 6) is 1.98. The zero-order valence-corrected chi connectivity index (χ0v) is 23.6.